The molecule has 2 N–H and O–H groups in total. The molecule has 0 aliphatic heterocycles. The molecule has 2 heterocycles. The van der Waals surface area contributed by atoms with Crippen LogP contribution in [0.4, 0.5) is 0 Å². The van der Waals surface area contributed by atoms with E-state index in [0.29, 0.717) is 6.54 Å². The number of thiazole rings is 1. The molecule has 0 radical (unpaired) electrons. The third-order valence-electron chi connectivity index (χ3n) is 2.49. The molecule has 1 amide bonds. The molecule has 5 nitrogen and oxygen atoms in total. The number of halogens is 1. The Balaban J connectivity index is 1.93. The second kappa shape index (κ2) is 5.85. The van der Waals surface area contributed by atoms with Crippen molar-refractivity contribution in [2.45, 2.75) is 20.3 Å². The summed E-state index contributed by atoms with van der Waals surface area (Å²) in [6.45, 7) is 4.40. The fourth-order valence-electron chi connectivity index (χ4n) is 1.61. The maximum atomic E-state index is 11.8. The van der Waals surface area contributed by atoms with Gasteiger partial charge in [0.05, 0.1) is 10.7 Å². The van der Waals surface area contributed by atoms with E-state index in [4.69, 9.17) is 11.6 Å². The molecule has 2 rings (SSSR count). The van der Waals surface area contributed by atoms with Crippen molar-refractivity contribution < 1.29 is 4.79 Å². The van der Waals surface area contributed by atoms with Crippen LogP contribution in [0.25, 0.3) is 0 Å². The van der Waals surface area contributed by atoms with Gasteiger partial charge in [0.1, 0.15) is 9.90 Å². The monoisotopic (exact) mass is 317 g/mol. The van der Waals surface area contributed by atoms with Crippen molar-refractivity contribution in [1.82, 2.24) is 14.7 Å². The second-order valence-electron chi connectivity index (χ2n) is 3.92. The Morgan fingerprint density at radius 3 is 2.74 bits per heavy atom. The average molecular weight is 318 g/mol. The van der Waals surface area contributed by atoms with E-state index in [9.17, 15) is 9.59 Å². The quantitative estimate of drug-likeness (QED) is 0.907. The molecule has 19 heavy (non-hydrogen) atoms. The summed E-state index contributed by atoms with van der Waals surface area (Å²) in [5.41, 5.74) is 0.576. The van der Waals surface area contributed by atoms with Gasteiger partial charge < -0.3 is 5.32 Å². The van der Waals surface area contributed by atoms with E-state index < -0.39 is 5.56 Å². The molecule has 0 fully saturated rings. The van der Waals surface area contributed by atoms with Crippen LogP contribution in [-0.4, -0.2) is 21.8 Å². The Morgan fingerprint density at radius 2 is 2.21 bits per heavy atom. The van der Waals surface area contributed by atoms with Crippen LogP contribution in [-0.2, 0) is 6.42 Å². The fraction of sp³-hybridized carbons (Fsp3) is 0.364. The normalized spacial score (nSPS) is 10.7. The van der Waals surface area contributed by atoms with Crippen LogP contribution >= 0.6 is 34.5 Å². The highest BCUT2D eigenvalue weighted by Gasteiger charge is 2.15. The lowest BCUT2D eigenvalue weighted by molar-refractivity contribution is 0.0958. The highest BCUT2D eigenvalue weighted by atomic mass is 35.5. The number of hydrogen-bond acceptors (Lipinski definition) is 5. The Kier molecular flexibility index (Phi) is 4.38. The lowest BCUT2D eigenvalue weighted by Gasteiger charge is -2.02. The highest BCUT2D eigenvalue weighted by molar-refractivity contribution is 7.11. The van der Waals surface area contributed by atoms with Crippen LogP contribution < -0.4 is 10.9 Å². The van der Waals surface area contributed by atoms with E-state index in [1.54, 1.807) is 11.3 Å². The van der Waals surface area contributed by atoms with Crippen molar-refractivity contribution in [1.29, 1.82) is 0 Å². The number of carbonyl (C=O) groups is 1. The predicted molar refractivity (Wildman–Crippen MR) is 77.6 cm³/mol. The fourth-order valence-corrected chi connectivity index (χ4v) is 3.50. The maximum absolute atomic E-state index is 11.8. The molecule has 2 aromatic rings. The van der Waals surface area contributed by atoms with Crippen LogP contribution in [0.3, 0.4) is 0 Å². The Morgan fingerprint density at radius 1 is 1.47 bits per heavy atom. The van der Waals surface area contributed by atoms with E-state index in [2.05, 4.69) is 14.7 Å². The molecule has 0 saturated heterocycles. The third kappa shape index (κ3) is 3.23. The van der Waals surface area contributed by atoms with Crippen molar-refractivity contribution >= 4 is 40.4 Å². The van der Waals surface area contributed by atoms with Crippen LogP contribution in [0.1, 0.15) is 25.3 Å². The Labute approximate surface area is 122 Å². The lowest BCUT2D eigenvalue weighted by atomic mass is 10.3. The summed E-state index contributed by atoms with van der Waals surface area (Å²) in [5.74, 6) is -0.327. The molecule has 102 valence electrons. The smallest absolute Gasteiger partial charge is 0.277 e. The average Bonchev–Trinajstić information content (AvgIpc) is 2.84. The molecule has 0 atom stereocenters. The van der Waals surface area contributed by atoms with Gasteiger partial charge in [-0.3, -0.25) is 14.0 Å². The van der Waals surface area contributed by atoms with Crippen molar-refractivity contribution in [2.75, 3.05) is 6.54 Å². The molecule has 0 aliphatic carbocycles. The third-order valence-corrected chi connectivity index (χ3v) is 4.97. The standard InChI is InChI=1S/C11H12ClN3O2S2/c1-5-7(18-6(2)14-5)3-4-13-11(17)9-8(12)10(16)15-19-9/h3-4H2,1-2H3,(H,13,17)(H,15,16). The summed E-state index contributed by atoms with van der Waals surface area (Å²) in [4.78, 5) is 28.6. The van der Waals surface area contributed by atoms with Crippen molar-refractivity contribution in [2.24, 2.45) is 0 Å². The molecule has 0 aromatic carbocycles. The summed E-state index contributed by atoms with van der Waals surface area (Å²) in [6, 6.07) is 0. The summed E-state index contributed by atoms with van der Waals surface area (Å²) >= 11 is 8.30. The molecule has 2 aromatic heterocycles. The van der Waals surface area contributed by atoms with Gasteiger partial charge in [0.2, 0.25) is 0 Å². The first kappa shape index (κ1) is 14.2. The SMILES string of the molecule is Cc1nc(C)c(CCNC(=O)c2s[nH]c(=O)c2Cl)s1. The first-order valence-corrected chi connectivity index (χ1v) is 7.58. The minimum atomic E-state index is -0.425. The van der Waals surface area contributed by atoms with Gasteiger partial charge >= 0.3 is 0 Å². The molecule has 8 heteroatoms. The molecule has 0 aliphatic rings. The number of amides is 1. The zero-order valence-corrected chi connectivity index (χ0v) is 12.8. The summed E-state index contributed by atoms with van der Waals surface area (Å²) in [7, 11) is 0. The summed E-state index contributed by atoms with van der Waals surface area (Å²) in [6.07, 6.45) is 0.722. The highest BCUT2D eigenvalue weighted by Crippen LogP contribution is 2.17. The van der Waals surface area contributed by atoms with Gasteiger partial charge in [-0.2, -0.15) is 0 Å². The summed E-state index contributed by atoms with van der Waals surface area (Å²) < 4.78 is 2.42. The number of rotatable bonds is 4. The molecule has 0 spiro atoms. The minimum Gasteiger partial charge on any atom is -0.351 e. The number of nitrogens with zero attached hydrogens (tertiary/aromatic N) is 1. The van der Waals surface area contributed by atoms with Gasteiger partial charge in [-0.1, -0.05) is 23.1 Å². The first-order chi connectivity index (χ1) is 8.99. The topological polar surface area (TPSA) is 74.8 Å². The molecular formula is C11H12ClN3O2S2. The summed E-state index contributed by atoms with van der Waals surface area (Å²) in [5, 5.41) is 3.72. The maximum Gasteiger partial charge on any atom is 0.277 e. The van der Waals surface area contributed by atoms with Crippen LogP contribution in [0.5, 0.6) is 0 Å². The van der Waals surface area contributed by atoms with Crippen molar-refractivity contribution in [3.05, 3.63) is 35.8 Å². The molecular weight excluding hydrogens is 306 g/mol. The number of carbonyl (C=O) groups excluding carboxylic acids is 1. The lowest BCUT2D eigenvalue weighted by Crippen LogP contribution is -2.25. The number of aromatic nitrogens is 2. The van der Waals surface area contributed by atoms with Crippen LogP contribution in [0, 0.1) is 13.8 Å². The van der Waals surface area contributed by atoms with E-state index in [-0.39, 0.29) is 15.8 Å². The molecule has 0 unspecified atom stereocenters. The van der Waals surface area contributed by atoms with Gasteiger partial charge in [-0.15, -0.1) is 11.3 Å². The largest absolute Gasteiger partial charge is 0.351 e. The van der Waals surface area contributed by atoms with Crippen molar-refractivity contribution in [3.8, 4) is 0 Å². The number of aromatic amines is 1. The van der Waals surface area contributed by atoms with Crippen LogP contribution in [0.2, 0.25) is 5.02 Å². The zero-order chi connectivity index (χ0) is 14.0. The predicted octanol–water partition coefficient (Wildman–Crippen LogP) is 2.14. The number of H-pyrrole nitrogens is 1. The van der Waals surface area contributed by atoms with Gasteiger partial charge in [-0.25, -0.2) is 4.98 Å². The van der Waals surface area contributed by atoms with Crippen molar-refractivity contribution in [3.63, 3.8) is 0 Å². The van der Waals surface area contributed by atoms with E-state index in [1.165, 1.54) is 0 Å². The van der Waals surface area contributed by atoms with Gasteiger partial charge in [0.15, 0.2) is 0 Å². The number of hydrogen-bond donors (Lipinski definition) is 2. The zero-order valence-electron chi connectivity index (χ0n) is 10.4. The molecule has 0 bridgehead atoms. The van der Waals surface area contributed by atoms with E-state index in [0.717, 1.165) is 33.5 Å². The Bertz CT molecular complexity index is 659. The van der Waals surface area contributed by atoms with E-state index >= 15 is 0 Å². The van der Waals surface area contributed by atoms with Gasteiger partial charge in [0.25, 0.3) is 11.5 Å². The van der Waals surface area contributed by atoms with Crippen LogP contribution in [0.15, 0.2) is 4.79 Å². The van der Waals surface area contributed by atoms with Gasteiger partial charge in [0, 0.05) is 17.8 Å². The Hall–Kier alpha value is -1.18. The van der Waals surface area contributed by atoms with Gasteiger partial charge in [-0.05, 0) is 13.8 Å². The first-order valence-electron chi connectivity index (χ1n) is 5.57. The second-order valence-corrected chi connectivity index (χ2v) is 6.41. The molecule has 0 saturated carbocycles. The number of nitrogens with one attached hydrogen (secondary N) is 2. The van der Waals surface area contributed by atoms with E-state index in [1.807, 2.05) is 13.8 Å². The minimum absolute atomic E-state index is 0.0488. The number of aryl methyl sites for hydroxylation is 2.